The number of aryl methyl sites for hydroxylation is 1. The van der Waals surface area contributed by atoms with Crippen molar-refractivity contribution < 1.29 is 0 Å². The first-order valence-electron chi connectivity index (χ1n) is 6.00. The van der Waals surface area contributed by atoms with Gasteiger partial charge in [-0.25, -0.2) is 4.98 Å². The van der Waals surface area contributed by atoms with E-state index in [1.54, 1.807) is 12.4 Å². The van der Waals surface area contributed by atoms with Crippen molar-refractivity contribution in [2.75, 3.05) is 18.0 Å². The molecule has 1 aliphatic heterocycles. The molecule has 2 atom stereocenters. The highest BCUT2D eigenvalue weighted by Crippen LogP contribution is 2.23. The zero-order chi connectivity index (χ0) is 11.5. The van der Waals surface area contributed by atoms with Crippen LogP contribution in [0.15, 0.2) is 12.4 Å². The number of hydrogen-bond acceptors (Lipinski definition) is 4. The normalized spacial score (nSPS) is 25.8. The lowest BCUT2D eigenvalue weighted by Gasteiger charge is -2.37. The van der Waals surface area contributed by atoms with Gasteiger partial charge in [-0.3, -0.25) is 4.98 Å². The highest BCUT2D eigenvalue weighted by Gasteiger charge is 2.26. The van der Waals surface area contributed by atoms with Crippen LogP contribution in [0.1, 0.15) is 25.5 Å². The smallest absolute Gasteiger partial charge is 0.150 e. The Morgan fingerprint density at radius 3 is 2.88 bits per heavy atom. The molecule has 1 fully saturated rings. The van der Waals surface area contributed by atoms with Crippen LogP contribution in [0.4, 0.5) is 5.82 Å². The Hall–Kier alpha value is -1.16. The zero-order valence-electron chi connectivity index (χ0n) is 10.1. The first-order chi connectivity index (χ1) is 7.72. The SMILES string of the molecule is CCC1CN(c2nccnc2C)CCC1N. The van der Waals surface area contributed by atoms with Gasteiger partial charge in [-0.2, -0.15) is 0 Å². The van der Waals surface area contributed by atoms with E-state index < -0.39 is 0 Å². The minimum Gasteiger partial charge on any atom is -0.355 e. The second-order valence-electron chi connectivity index (χ2n) is 4.53. The van der Waals surface area contributed by atoms with Gasteiger partial charge in [0.15, 0.2) is 0 Å². The van der Waals surface area contributed by atoms with Crippen LogP contribution in [0.25, 0.3) is 0 Å². The van der Waals surface area contributed by atoms with Crippen molar-refractivity contribution in [1.29, 1.82) is 0 Å². The van der Waals surface area contributed by atoms with E-state index in [0.717, 1.165) is 37.4 Å². The Morgan fingerprint density at radius 2 is 2.19 bits per heavy atom. The molecule has 4 nitrogen and oxygen atoms in total. The van der Waals surface area contributed by atoms with Crippen molar-refractivity contribution in [3.63, 3.8) is 0 Å². The fourth-order valence-corrected chi connectivity index (χ4v) is 2.39. The van der Waals surface area contributed by atoms with Gasteiger partial charge in [-0.05, 0) is 19.3 Å². The zero-order valence-corrected chi connectivity index (χ0v) is 10.1. The Labute approximate surface area is 96.9 Å². The monoisotopic (exact) mass is 220 g/mol. The Balaban J connectivity index is 2.14. The highest BCUT2D eigenvalue weighted by atomic mass is 15.2. The van der Waals surface area contributed by atoms with Crippen molar-refractivity contribution in [2.45, 2.75) is 32.7 Å². The Kier molecular flexibility index (Phi) is 3.39. The molecule has 0 aromatic carbocycles. The van der Waals surface area contributed by atoms with Crippen molar-refractivity contribution in [2.24, 2.45) is 11.7 Å². The molecule has 2 unspecified atom stereocenters. The Bertz CT molecular complexity index is 353. The van der Waals surface area contributed by atoms with Crippen molar-refractivity contribution >= 4 is 5.82 Å². The molecule has 1 saturated heterocycles. The standard InChI is InChI=1S/C12H20N4/c1-3-10-8-16(7-4-11(10)13)12-9(2)14-5-6-15-12/h5-6,10-11H,3-4,7-8,13H2,1-2H3. The second-order valence-corrected chi connectivity index (χ2v) is 4.53. The van der Waals surface area contributed by atoms with E-state index in [2.05, 4.69) is 21.8 Å². The lowest BCUT2D eigenvalue weighted by Crippen LogP contribution is -2.47. The van der Waals surface area contributed by atoms with Gasteiger partial charge in [0.2, 0.25) is 0 Å². The molecule has 2 rings (SSSR count). The van der Waals surface area contributed by atoms with Crippen LogP contribution in [0.2, 0.25) is 0 Å². The van der Waals surface area contributed by atoms with E-state index in [0.29, 0.717) is 12.0 Å². The van der Waals surface area contributed by atoms with Gasteiger partial charge in [-0.15, -0.1) is 0 Å². The number of hydrogen-bond donors (Lipinski definition) is 1. The summed E-state index contributed by atoms with van der Waals surface area (Å²) in [6.07, 6.45) is 5.69. The van der Waals surface area contributed by atoms with Crippen LogP contribution in [0, 0.1) is 12.8 Å². The first kappa shape index (κ1) is 11.3. The number of rotatable bonds is 2. The number of nitrogens with zero attached hydrogens (tertiary/aromatic N) is 3. The molecule has 1 aliphatic rings. The maximum Gasteiger partial charge on any atom is 0.150 e. The third-order valence-electron chi connectivity index (χ3n) is 3.47. The largest absolute Gasteiger partial charge is 0.355 e. The summed E-state index contributed by atoms with van der Waals surface area (Å²) in [6.45, 7) is 6.23. The van der Waals surface area contributed by atoms with Gasteiger partial charge < -0.3 is 10.6 Å². The lowest BCUT2D eigenvalue weighted by molar-refractivity contribution is 0.346. The van der Waals surface area contributed by atoms with Crippen molar-refractivity contribution in [3.05, 3.63) is 18.1 Å². The van der Waals surface area contributed by atoms with E-state index in [-0.39, 0.29) is 0 Å². The fourth-order valence-electron chi connectivity index (χ4n) is 2.39. The van der Waals surface area contributed by atoms with E-state index in [1.807, 2.05) is 6.92 Å². The average molecular weight is 220 g/mol. The number of aromatic nitrogens is 2. The molecular weight excluding hydrogens is 200 g/mol. The van der Waals surface area contributed by atoms with Crippen LogP contribution in [-0.4, -0.2) is 29.1 Å². The van der Waals surface area contributed by atoms with Crippen LogP contribution in [0.3, 0.4) is 0 Å². The van der Waals surface area contributed by atoms with Crippen LogP contribution >= 0.6 is 0 Å². The van der Waals surface area contributed by atoms with Crippen molar-refractivity contribution in [1.82, 2.24) is 9.97 Å². The molecule has 88 valence electrons. The summed E-state index contributed by atoms with van der Waals surface area (Å²) < 4.78 is 0. The maximum atomic E-state index is 6.11. The molecule has 4 heteroatoms. The molecule has 1 aromatic heterocycles. The second kappa shape index (κ2) is 4.78. The summed E-state index contributed by atoms with van der Waals surface area (Å²) in [4.78, 5) is 11.0. The molecule has 2 heterocycles. The van der Waals surface area contributed by atoms with E-state index in [4.69, 9.17) is 5.73 Å². The number of piperidine rings is 1. The quantitative estimate of drug-likeness (QED) is 0.817. The molecular formula is C12H20N4. The molecule has 0 saturated carbocycles. The summed E-state index contributed by atoms with van der Waals surface area (Å²) in [5.74, 6) is 1.60. The summed E-state index contributed by atoms with van der Waals surface area (Å²) >= 11 is 0. The third-order valence-corrected chi connectivity index (χ3v) is 3.47. The molecule has 2 N–H and O–H groups in total. The van der Waals surface area contributed by atoms with E-state index >= 15 is 0 Å². The van der Waals surface area contributed by atoms with Gasteiger partial charge >= 0.3 is 0 Å². The molecule has 1 aromatic rings. The van der Waals surface area contributed by atoms with Crippen LogP contribution in [0.5, 0.6) is 0 Å². The summed E-state index contributed by atoms with van der Waals surface area (Å²) in [5, 5.41) is 0. The molecule has 0 spiro atoms. The topological polar surface area (TPSA) is 55.0 Å². The van der Waals surface area contributed by atoms with Gasteiger partial charge in [-0.1, -0.05) is 13.3 Å². The van der Waals surface area contributed by atoms with E-state index in [9.17, 15) is 0 Å². The fraction of sp³-hybridized carbons (Fsp3) is 0.667. The molecule has 0 aliphatic carbocycles. The van der Waals surface area contributed by atoms with Gasteiger partial charge in [0.05, 0.1) is 5.69 Å². The van der Waals surface area contributed by atoms with Gasteiger partial charge in [0.25, 0.3) is 0 Å². The molecule has 0 bridgehead atoms. The first-order valence-corrected chi connectivity index (χ1v) is 6.00. The predicted octanol–water partition coefficient (Wildman–Crippen LogP) is 1.35. The van der Waals surface area contributed by atoms with Gasteiger partial charge in [0, 0.05) is 31.5 Å². The van der Waals surface area contributed by atoms with Gasteiger partial charge in [0.1, 0.15) is 5.82 Å². The average Bonchev–Trinajstić information content (AvgIpc) is 2.31. The van der Waals surface area contributed by atoms with Crippen LogP contribution < -0.4 is 10.6 Å². The summed E-state index contributed by atoms with van der Waals surface area (Å²) in [5.41, 5.74) is 7.11. The minimum absolute atomic E-state index is 0.346. The highest BCUT2D eigenvalue weighted by molar-refractivity contribution is 5.42. The predicted molar refractivity (Wildman–Crippen MR) is 65.4 cm³/mol. The summed E-state index contributed by atoms with van der Waals surface area (Å²) in [6, 6.07) is 0.346. The van der Waals surface area contributed by atoms with E-state index in [1.165, 1.54) is 0 Å². The number of anilines is 1. The van der Waals surface area contributed by atoms with Crippen LogP contribution in [-0.2, 0) is 0 Å². The van der Waals surface area contributed by atoms with Crippen molar-refractivity contribution in [3.8, 4) is 0 Å². The minimum atomic E-state index is 0.346. The molecule has 0 radical (unpaired) electrons. The Morgan fingerprint density at radius 1 is 1.44 bits per heavy atom. The maximum absolute atomic E-state index is 6.11. The molecule has 0 amide bonds. The third kappa shape index (κ3) is 2.16. The lowest BCUT2D eigenvalue weighted by atomic mass is 9.91. The summed E-state index contributed by atoms with van der Waals surface area (Å²) in [7, 11) is 0. The number of nitrogens with two attached hydrogens (primary N) is 1. The molecule has 16 heavy (non-hydrogen) atoms.